The van der Waals surface area contributed by atoms with E-state index in [1.54, 1.807) is 31.4 Å². The van der Waals surface area contributed by atoms with E-state index in [1.807, 2.05) is 30.3 Å². The third kappa shape index (κ3) is 5.80. The van der Waals surface area contributed by atoms with Gasteiger partial charge in [0.15, 0.2) is 0 Å². The van der Waals surface area contributed by atoms with E-state index in [2.05, 4.69) is 4.72 Å². The van der Waals surface area contributed by atoms with Crippen LogP contribution in [0, 0.1) is 0 Å². The minimum Gasteiger partial charge on any atom is -0.375 e. The molecule has 0 heterocycles. The van der Waals surface area contributed by atoms with Crippen molar-refractivity contribution in [2.45, 2.75) is 6.10 Å². The summed E-state index contributed by atoms with van der Waals surface area (Å²) in [5.74, 6) is 0. The van der Waals surface area contributed by atoms with Gasteiger partial charge in [-0.05, 0) is 29.3 Å². The second kappa shape index (κ2) is 8.26. The van der Waals surface area contributed by atoms with Crippen LogP contribution in [-0.2, 0) is 14.8 Å². The number of hydrogen-bond acceptors (Lipinski definition) is 3. The van der Waals surface area contributed by atoms with E-state index < -0.39 is 10.0 Å². The maximum absolute atomic E-state index is 12.0. The van der Waals surface area contributed by atoms with Crippen LogP contribution in [0.15, 0.2) is 60.0 Å². The molecule has 0 radical (unpaired) electrons. The molecule has 2 aromatic rings. The SMILES string of the molecule is COC(CNS(=O)(=O)/C=C/c1ccc(Cl)cc1)c1ccccc1. The number of rotatable bonds is 7. The molecule has 0 aromatic heterocycles. The van der Waals surface area contributed by atoms with Crippen LogP contribution in [-0.4, -0.2) is 22.1 Å². The number of halogens is 1. The molecule has 0 bridgehead atoms. The van der Waals surface area contributed by atoms with E-state index in [0.29, 0.717) is 5.02 Å². The highest BCUT2D eigenvalue weighted by Gasteiger charge is 2.13. The van der Waals surface area contributed by atoms with E-state index in [9.17, 15) is 8.42 Å². The molecule has 4 nitrogen and oxygen atoms in total. The highest BCUT2D eigenvalue weighted by Crippen LogP contribution is 2.15. The van der Waals surface area contributed by atoms with Crippen LogP contribution in [0.3, 0.4) is 0 Å². The first kappa shape index (κ1) is 17.7. The smallest absolute Gasteiger partial charge is 0.233 e. The average Bonchev–Trinajstić information content (AvgIpc) is 2.56. The molecule has 0 fully saturated rings. The van der Waals surface area contributed by atoms with Gasteiger partial charge in [-0.15, -0.1) is 0 Å². The largest absolute Gasteiger partial charge is 0.375 e. The summed E-state index contributed by atoms with van der Waals surface area (Å²) in [6.07, 6.45) is 1.18. The van der Waals surface area contributed by atoms with E-state index in [-0.39, 0.29) is 12.6 Å². The second-order valence-corrected chi connectivity index (χ2v) is 6.97. The quantitative estimate of drug-likeness (QED) is 0.828. The average molecular weight is 352 g/mol. The molecule has 23 heavy (non-hydrogen) atoms. The van der Waals surface area contributed by atoms with Crippen molar-refractivity contribution < 1.29 is 13.2 Å². The first-order valence-corrected chi connectivity index (χ1v) is 8.93. The summed E-state index contributed by atoms with van der Waals surface area (Å²) in [5, 5.41) is 1.74. The van der Waals surface area contributed by atoms with E-state index >= 15 is 0 Å². The van der Waals surface area contributed by atoms with Gasteiger partial charge in [-0.1, -0.05) is 54.1 Å². The normalized spacial score (nSPS) is 13.3. The minimum atomic E-state index is -3.55. The predicted octanol–water partition coefficient (Wildman–Crippen LogP) is 3.62. The summed E-state index contributed by atoms with van der Waals surface area (Å²) < 4.78 is 32.0. The molecule has 0 saturated heterocycles. The maximum Gasteiger partial charge on any atom is 0.233 e. The van der Waals surface area contributed by atoms with Crippen LogP contribution in [0.4, 0.5) is 0 Å². The van der Waals surface area contributed by atoms with Gasteiger partial charge in [0.2, 0.25) is 10.0 Å². The summed E-state index contributed by atoms with van der Waals surface area (Å²) in [6.45, 7) is 0.161. The molecular weight excluding hydrogens is 334 g/mol. The van der Waals surface area contributed by atoms with E-state index in [1.165, 1.54) is 6.08 Å². The highest BCUT2D eigenvalue weighted by atomic mass is 35.5. The van der Waals surface area contributed by atoms with Crippen LogP contribution in [0.2, 0.25) is 5.02 Å². The Bertz CT molecular complexity index is 743. The van der Waals surface area contributed by atoms with Crippen LogP contribution in [0.5, 0.6) is 0 Å². The molecule has 0 saturated carbocycles. The van der Waals surface area contributed by atoms with Gasteiger partial charge in [0, 0.05) is 24.1 Å². The molecular formula is C17H18ClNO3S. The van der Waals surface area contributed by atoms with Crippen molar-refractivity contribution in [1.29, 1.82) is 0 Å². The summed E-state index contributed by atoms with van der Waals surface area (Å²) in [4.78, 5) is 0. The Morgan fingerprint density at radius 2 is 1.78 bits per heavy atom. The fourth-order valence-corrected chi connectivity index (χ4v) is 2.93. The third-order valence-electron chi connectivity index (χ3n) is 3.24. The van der Waals surface area contributed by atoms with Gasteiger partial charge in [-0.25, -0.2) is 13.1 Å². The summed E-state index contributed by atoms with van der Waals surface area (Å²) in [7, 11) is -2.00. The Hall–Kier alpha value is -1.66. The van der Waals surface area contributed by atoms with Crippen LogP contribution < -0.4 is 4.72 Å². The minimum absolute atomic E-state index is 0.161. The van der Waals surface area contributed by atoms with Crippen LogP contribution in [0.1, 0.15) is 17.2 Å². The zero-order valence-electron chi connectivity index (χ0n) is 12.6. The molecule has 1 atom stereocenters. The van der Waals surface area contributed by atoms with Crippen molar-refractivity contribution in [2.24, 2.45) is 0 Å². The highest BCUT2D eigenvalue weighted by molar-refractivity contribution is 7.92. The lowest BCUT2D eigenvalue weighted by Gasteiger charge is -2.15. The molecule has 1 N–H and O–H groups in total. The summed E-state index contributed by atoms with van der Waals surface area (Å²) >= 11 is 5.79. The lowest BCUT2D eigenvalue weighted by Crippen LogP contribution is -2.27. The van der Waals surface area contributed by atoms with Crippen molar-refractivity contribution in [2.75, 3.05) is 13.7 Å². The zero-order chi connectivity index (χ0) is 16.7. The molecule has 0 aliphatic rings. The van der Waals surface area contributed by atoms with Gasteiger partial charge in [-0.3, -0.25) is 0 Å². The molecule has 2 aromatic carbocycles. The van der Waals surface area contributed by atoms with E-state index in [4.69, 9.17) is 16.3 Å². The third-order valence-corrected chi connectivity index (χ3v) is 4.55. The predicted molar refractivity (Wildman–Crippen MR) is 93.6 cm³/mol. The number of sulfonamides is 1. The van der Waals surface area contributed by atoms with Crippen molar-refractivity contribution in [3.05, 3.63) is 76.2 Å². The van der Waals surface area contributed by atoms with Crippen molar-refractivity contribution in [1.82, 2.24) is 4.72 Å². The number of hydrogen-bond donors (Lipinski definition) is 1. The summed E-state index contributed by atoms with van der Waals surface area (Å²) in [5.41, 5.74) is 1.67. The first-order chi connectivity index (χ1) is 11.0. The molecule has 122 valence electrons. The standard InChI is InChI=1S/C17H18ClNO3S/c1-22-17(15-5-3-2-4-6-15)13-19-23(20,21)12-11-14-7-9-16(18)10-8-14/h2-12,17,19H,13H2,1H3/b12-11+. The van der Waals surface area contributed by atoms with Crippen LogP contribution >= 0.6 is 11.6 Å². The van der Waals surface area contributed by atoms with Gasteiger partial charge < -0.3 is 4.74 Å². The maximum atomic E-state index is 12.0. The number of benzene rings is 2. The fraction of sp³-hybridized carbons (Fsp3) is 0.176. The van der Waals surface area contributed by atoms with E-state index in [0.717, 1.165) is 16.5 Å². The Labute approximate surface area is 141 Å². The van der Waals surface area contributed by atoms with Crippen molar-refractivity contribution >= 4 is 27.7 Å². The molecule has 0 aliphatic heterocycles. The fourth-order valence-electron chi connectivity index (χ4n) is 1.99. The molecule has 0 aliphatic carbocycles. The van der Waals surface area contributed by atoms with Gasteiger partial charge in [0.05, 0.1) is 6.10 Å². The molecule has 6 heteroatoms. The Morgan fingerprint density at radius 1 is 1.13 bits per heavy atom. The lowest BCUT2D eigenvalue weighted by atomic mass is 10.1. The van der Waals surface area contributed by atoms with Gasteiger partial charge >= 0.3 is 0 Å². The molecule has 0 amide bonds. The lowest BCUT2D eigenvalue weighted by molar-refractivity contribution is 0.107. The Balaban J connectivity index is 1.99. The molecule has 2 rings (SSSR count). The zero-order valence-corrected chi connectivity index (χ0v) is 14.2. The van der Waals surface area contributed by atoms with Crippen LogP contribution in [0.25, 0.3) is 6.08 Å². The number of nitrogens with one attached hydrogen (secondary N) is 1. The topological polar surface area (TPSA) is 55.4 Å². The number of methoxy groups -OCH3 is 1. The van der Waals surface area contributed by atoms with Crippen molar-refractivity contribution in [3.63, 3.8) is 0 Å². The van der Waals surface area contributed by atoms with Crippen molar-refractivity contribution in [3.8, 4) is 0 Å². The number of ether oxygens (including phenoxy) is 1. The summed E-state index contributed by atoms with van der Waals surface area (Å²) in [6, 6.07) is 16.4. The molecule has 1 unspecified atom stereocenters. The monoisotopic (exact) mass is 351 g/mol. The van der Waals surface area contributed by atoms with Gasteiger partial charge in [0.25, 0.3) is 0 Å². The van der Waals surface area contributed by atoms with Gasteiger partial charge in [0.1, 0.15) is 0 Å². The van der Waals surface area contributed by atoms with Gasteiger partial charge in [-0.2, -0.15) is 0 Å². The Morgan fingerprint density at radius 3 is 2.39 bits per heavy atom. The Kier molecular flexibility index (Phi) is 6.36. The second-order valence-electron chi connectivity index (χ2n) is 4.88. The first-order valence-electron chi connectivity index (χ1n) is 7.01. The molecule has 0 spiro atoms.